The Labute approximate surface area is 121 Å². The van der Waals surface area contributed by atoms with E-state index in [0.717, 1.165) is 31.4 Å². The third-order valence-corrected chi connectivity index (χ3v) is 4.35. The Bertz CT molecular complexity index is 412. The van der Waals surface area contributed by atoms with Crippen LogP contribution in [0.1, 0.15) is 44.1 Å². The van der Waals surface area contributed by atoms with E-state index in [-0.39, 0.29) is 6.61 Å². The normalized spacial score (nSPS) is 18.9. The summed E-state index contributed by atoms with van der Waals surface area (Å²) in [5, 5.41) is 12.6. The van der Waals surface area contributed by atoms with Crippen molar-refractivity contribution in [1.29, 1.82) is 0 Å². The van der Waals surface area contributed by atoms with Crippen molar-refractivity contribution in [3.05, 3.63) is 23.9 Å². The molecule has 2 N–H and O–H groups in total. The first-order chi connectivity index (χ1) is 9.86. The fraction of sp³-hybridized carbons (Fsp3) is 0.688. The van der Waals surface area contributed by atoms with Gasteiger partial charge in [-0.25, -0.2) is 4.98 Å². The highest BCUT2D eigenvalue weighted by Crippen LogP contribution is 2.28. The van der Waals surface area contributed by atoms with Crippen LogP contribution in [-0.2, 0) is 6.54 Å². The lowest BCUT2D eigenvalue weighted by molar-refractivity contribution is 0.282. The molecule has 0 bridgehead atoms. The predicted octanol–water partition coefficient (Wildman–Crippen LogP) is 2.07. The Morgan fingerprint density at radius 1 is 1.25 bits per heavy atom. The van der Waals surface area contributed by atoms with E-state index in [1.165, 1.54) is 37.7 Å². The number of aromatic nitrogens is 1. The van der Waals surface area contributed by atoms with Crippen molar-refractivity contribution < 1.29 is 5.11 Å². The largest absolute Gasteiger partial charge is 0.396 e. The summed E-state index contributed by atoms with van der Waals surface area (Å²) in [6.45, 7) is 2.10. The van der Waals surface area contributed by atoms with Crippen LogP contribution in [0.25, 0.3) is 0 Å². The third-order valence-electron chi connectivity index (χ3n) is 4.35. The molecule has 3 rings (SSSR count). The van der Waals surface area contributed by atoms with Crippen LogP contribution in [0.4, 0.5) is 5.82 Å². The van der Waals surface area contributed by atoms with Crippen LogP contribution in [0.5, 0.6) is 0 Å². The molecule has 0 unspecified atom stereocenters. The standard InChI is InChI=1S/C16H25N3O/c20-10-2-9-19(15-3-1-4-15)16-8-5-13(12-18-16)11-17-14-6-7-14/h5,8,12,14-15,17,20H,1-4,6-7,9-11H2. The lowest BCUT2D eigenvalue weighted by atomic mass is 9.91. The molecular formula is C16H25N3O. The molecule has 4 heteroatoms. The van der Waals surface area contributed by atoms with Crippen molar-refractivity contribution in [3.8, 4) is 0 Å². The van der Waals surface area contributed by atoms with Gasteiger partial charge in [-0.3, -0.25) is 0 Å². The second-order valence-electron chi connectivity index (χ2n) is 6.04. The molecule has 1 heterocycles. The van der Waals surface area contributed by atoms with E-state index in [0.29, 0.717) is 6.04 Å². The lowest BCUT2D eigenvalue weighted by Gasteiger charge is -2.38. The molecule has 20 heavy (non-hydrogen) atoms. The fourth-order valence-corrected chi connectivity index (χ4v) is 2.66. The van der Waals surface area contributed by atoms with Gasteiger partial charge in [0.05, 0.1) is 0 Å². The van der Waals surface area contributed by atoms with Gasteiger partial charge in [-0.15, -0.1) is 0 Å². The number of hydrogen-bond acceptors (Lipinski definition) is 4. The summed E-state index contributed by atoms with van der Waals surface area (Å²) in [7, 11) is 0. The van der Waals surface area contributed by atoms with Gasteiger partial charge in [0.15, 0.2) is 0 Å². The van der Waals surface area contributed by atoms with Crippen LogP contribution in [0.3, 0.4) is 0 Å². The van der Waals surface area contributed by atoms with Crippen molar-refractivity contribution in [2.45, 2.75) is 57.2 Å². The van der Waals surface area contributed by atoms with Gasteiger partial charge < -0.3 is 15.3 Å². The van der Waals surface area contributed by atoms with Gasteiger partial charge in [-0.2, -0.15) is 0 Å². The van der Waals surface area contributed by atoms with Gasteiger partial charge in [-0.1, -0.05) is 6.07 Å². The maximum absolute atomic E-state index is 9.05. The van der Waals surface area contributed by atoms with E-state index in [1.807, 2.05) is 6.20 Å². The Morgan fingerprint density at radius 2 is 2.10 bits per heavy atom. The summed E-state index contributed by atoms with van der Waals surface area (Å²) in [5.41, 5.74) is 1.26. The molecule has 2 aliphatic carbocycles. The van der Waals surface area contributed by atoms with E-state index >= 15 is 0 Å². The minimum absolute atomic E-state index is 0.257. The summed E-state index contributed by atoms with van der Waals surface area (Å²) in [6, 6.07) is 5.69. The molecule has 4 nitrogen and oxygen atoms in total. The van der Waals surface area contributed by atoms with Crippen LogP contribution in [0, 0.1) is 0 Å². The van der Waals surface area contributed by atoms with Gasteiger partial charge in [0.1, 0.15) is 5.82 Å². The van der Waals surface area contributed by atoms with Crippen molar-refractivity contribution >= 4 is 5.82 Å². The molecule has 2 saturated carbocycles. The van der Waals surface area contributed by atoms with E-state index in [4.69, 9.17) is 5.11 Å². The molecule has 2 aliphatic rings. The first-order valence-electron chi connectivity index (χ1n) is 7.92. The number of hydrogen-bond donors (Lipinski definition) is 2. The van der Waals surface area contributed by atoms with Crippen molar-refractivity contribution in [2.24, 2.45) is 0 Å². The number of aliphatic hydroxyl groups excluding tert-OH is 1. The second kappa shape index (κ2) is 6.55. The highest BCUT2D eigenvalue weighted by atomic mass is 16.3. The number of aliphatic hydroxyl groups is 1. The molecule has 0 atom stereocenters. The number of nitrogens with zero attached hydrogens (tertiary/aromatic N) is 2. The molecule has 1 aromatic rings. The molecule has 0 aromatic carbocycles. The Balaban J connectivity index is 1.60. The zero-order valence-corrected chi connectivity index (χ0v) is 12.1. The van der Waals surface area contributed by atoms with E-state index in [9.17, 15) is 0 Å². The first kappa shape index (κ1) is 13.8. The summed E-state index contributed by atoms with van der Waals surface area (Å²) < 4.78 is 0. The summed E-state index contributed by atoms with van der Waals surface area (Å²) in [4.78, 5) is 7.01. The van der Waals surface area contributed by atoms with Gasteiger partial charge in [0.25, 0.3) is 0 Å². The van der Waals surface area contributed by atoms with Crippen LogP contribution < -0.4 is 10.2 Å². The molecule has 0 aliphatic heterocycles. The number of pyridine rings is 1. The van der Waals surface area contributed by atoms with Gasteiger partial charge in [0.2, 0.25) is 0 Å². The predicted molar refractivity (Wildman–Crippen MR) is 80.8 cm³/mol. The number of nitrogens with one attached hydrogen (secondary N) is 1. The average molecular weight is 275 g/mol. The molecule has 0 radical (unpaired) electrons. The molecular weight excluding hydrogens is 250 g/mol. The summed E-state index contributed by atoms with van der Waals surface area (Å²) >= 11 is 0. The number of anilines is 1. The Hall–Kier alpha value is -1.13. The lowest BCUT2D eigenvalue weighted by Crippen LogP contribution is -2.41. The maximum Gasteiger partial charge on any atom is 0.128 e. The van der Waals surface area contributed by atoms with Crippen molar-refractivity contribution in [3.63, 3.8) is 0 Å². The van der Waals surface area contributed by atoms with Crippen LogP contribution >= 0.6 is 0 Å². The zero-order chi connectivity index (χ0) is 13.8. The Kier molecular flexibility index (Phi) is 4.53. The van der Waals surface area contributed by atoms with E-state index in [1.54, 1.807) is 0 Å². The van der Waals surface area contributed by atoms with Gasteiger partial charge in [-0.05, 0) is 50.2 Å². The quantitative estimate of drug-likeness (QED) is 0.762. The molecule has 2 fully saturated rings. The van der Waals surface area contributed by atoms with Crippen molar-refractivity contribution in [2.75, 3.05) is 18.1 Å². The maximum atomic E-state index is 9.05. The van der Waals surface area contributed by atoms with Crippen LogP contribution in [0.15, 0.2) is 18.3 Å². The third kappa shape index (κ3) is 3.49. The molecule has 110 valence electrons. The molecule has 1 aromatic heterocycles. The smallest absolute Gasteiger partial charge is 0.128 e. The SMILES string of the molecule is OCCCN(c1ccc(CNC2CC2)cn1)C1CCC1. The van der Waals surface area contributed by atoms with Crippen LogP contribution in [0.2, 0.25) is 0 Å². The van der Waals surface area contributed by atoms with Gasteiger partial charge >= 0.3 is 0 Å². The minimum Gasteiger partial charge on any atom is -0.396 e. The minimum atomic E-state index is 0.257. The zero-order valence-electron chi connectivity index (χ0n) is 12.1. The summed E-state index contributed by atoms with van der Waals surface area (Å²) in [6.07, 6.45) is 9.31. The van der Waals surface area contributed by atoms with E-state index < -0.39 is 0 Å². The van der Waals surface area contributed by atoms with Crippen LogP contribution in [-0.4, -0.2) is 35.3 Å². The second-order valence-corrected chi connectivity index (χ2v) is 6.04. The first-order valence-corrected chi connectivity index (χ1v) is 7.92. The summed E-state index contributed by atoms with van der Waals surface area (Å²) in [5.74, 6) is 1.07. The average Bonchev–Trinajstić information content (AvgIpc) is 3.24. The highest BCUT2D eigenvalue weighted by Gasteiger charge is 2.25. The fourth-order valence-electron chi connectivity index (χ4n) is 2.66. The molecule has 0 spiro atoms. The monoisotopic (exact) mass is 275 g/mol. The number of rotatable bonds is 8. The topological polar surface area (TPSA) is 48.4 Å². The molecule has 0 amide bonds. The van der Waals surface area contributed by atoms with Crippen molar-refractivity contribution in [1.82, 2.24) is 10.3 Å². The highest BCUT2D eigenvalue weighted by molar-refractivity contribution is 5.41. The van der Waals surface area contributed by atoms with E-state index in [2.05, 4.69) is 27.3 Å². The molecule has 0 saturated heterocycles. The Morgan fingerprint density at radius 3 is 2.65 bits per heavy atom. The van der Waals surface area contributed by atoms with Gasteiger partial charge in [0, 0.05) is 38.0 Å².